The molecule has 19 heavy (non-hydrogen) atoms. The molecule has 1 aromatic carbocycles. The van der Waals surface area contributed by atoms with E-state index >= 15 is 0 Å². The van der Waals surface area contributed by atoms with Crippen LogP contribution in [-0.4, -0.2) is 16.1 Å². The molecule has 0 saturated heterocycles. The maximum Gasteiger partial charge on any atom is 0.347 e. The lowest BCUT2D eigenvalue weighted by Gasteiger charge is -2.00. The topological polar surface area (TPSA) is 74.0 Å². The second-order valence-corrected chi connectivity index (χ2v) is 6.28. The van der Waals surface area contributed by atoms with Gasteiger partial charge < -0.3 is 5.11 Å². The molecule has 2 aromatic rings. The Balaban J connectivity index is 2.34. The van der Waals surface area contributed by atoms with Crippen LogP contribution in [0, 0.1) is 18.3 Å². The fourth-order valence-electron chi connectivity index (χ4n) is 1.39. The largest absolute Gasteiger partial charge is 0.477 e. The number of hydrogen-bond acceptors (Lipinski definition) is 5. The molecule has 0 bridgehead atoms. The quantitative estimate of drug-likeness (QED) is 0.932. The lowest BCUT2D eigenvalue weighted by Crippen LogP contribution is -1.94. The van der Waals surface area contributed by atoms with E-state index in [1.54, 1.807) is 25.1 Å². The van der Waals surface area contributed by atoms with Crippen LogP contribution < -0.4 is 0 Å². The number of thiazole rings is 1. The first-order valence-corrected chi connectivity index (χ1v) is 7.10. The number of aryl methyl sites for hydroxylation is 1. The number of nitrogens with zero attached hydrogens (tertiary/aromatic N) is 2. The van der Waals surface area contributed by atoms with Crippen LogP contribution >= 0.6 is 34.7 Å². The second kappa shape index (κ2) is 5.61. The zero-order chi connectivity index (χ0) is 14.0. The highest BCUT2D eigenvalue weighted by molar-refractivity contribution is 8.01. The first-order valence-electron chi connectivity index (χ1n) is 5.09. The van der Waals surface area contributed by atoms with Crippen LogP contribution in [0.25, 0.3) is 0 Å². The maximum atomic E-state index is 10.9. The van der Waals surface area contributed by atoms with E-state index in [9.17, 15) is 4.79 Å². The average Bonchev–Trinajstić information content (AvgIpc) is 2.72. The number of nitriles is 1. The maximum absolute atomic E-state index is 10.9. The van der Waals surface area contributed by atoms with Crippen molar-refractivity contribution >= 4 is 40.7 Å². The zero-order valence-electron chi connectivity index (χ0n) is 9.68. The Morgan fingerprint density at radius 3 is 2.89 bits per heavy atom. The van der Waals surface area contributed by atoms with Crippen LogP contribution in [0.2, 0.25) is 5.02 Å². The summed E-state index contributed by atoms with van der Waals surface area (Å²) in [5.74, 6) is -0.988. The number of benzene rings is 1. The molecule has 0 spiro atoms. The van der Waals surface area contributed by atoms with Gasteiger partial charge in [-0.1, -0.05) is 23.4 Å². The Hall–Kier alpha value is -1.55. The Morgan fingerprint density at radius 1 is 1.58 bits per heavy atom. The summed E-state index contributed by atoms with van der Waals surface area (Å²) in [5, 5.41) is 18.5. The molecule has 0 radical (unpaired) electrons. The molecule has 2 rings (SSSR count). The SMILES string of the molecule is Cc1nc(Sc2ccc(Cl)cc2C#N)sc1C(=O)O. The molecule has 0 aliphatic heterocycles. The molecule has 1 N–H and O–H groups in total. The summed E-state index contributed by atoms with van der Waals surface area (Å²) in [6.45, 7) is 1.65. The third kappa shape index (κ3) is 3.07. The lowest BCUT2D eigenvalue weighted by atomic mass is 10.2. The molecular weight excluding hydrogens is 304 g/mol. The molecule has 96 valence electrons. The summed E-state index contributed by atoms with van der Waals surface area (Å²) in [6, 6.07) is 7.04. The van der Waals surface area contributed by atoms with Crippen molar-refractivity contribution in [3.63, 3.8) is 0 Å². The van der Waals surface area contributed by atoms with Gasteiger partial charge in [0.25, 0.3) is 0 Å². The standard InChI is InChI=1S/C12H7ClN2O2S2/c1-6-10(11(16)17)19-12(15-6)18-9-3-2-8(13)4-7(9)5-14/h2-4H,1H3,(H,16,17). The molecule has 0 aliphatic carbocycles. The van der Waals surface area contributed by atoms with Gasteiger partial charge in [0.1, 0.15) is 10.9 Å². The molecule has 0 atom stereocenters. The third-order valence-electron chi connectivity index (χ3n) is 2.23. The van der Waals surface area contributed by atoms with Crippen molar-refractivity contribution in [2.45, 2.75) is 16.2 Å². The molecule has 0 amide bonds. The molecule has 0 saturated carbocycles. The van der Waals surface area contributed by atoms with Crippen LogP contribution in [0.4, 0.5) is 0 Å². The molecule has 1 heterocycles. The number of halogens is 1. The minimum Gasteiger partial charge on any atom is -0.477 e. The van der Waals surface area contributed by atoms with E-state index in [2.05, 4.69) is 11.1 Å². The average molecular weight is 311 g/mol. The van der Waals surface area contributed by atoms with Crippen molar-refractivity contribution in [3.8, 4) is 6.07 Å². The number of hydrogen-bond donors (Lipinski definition) is 1. The van der Waals surface area contributed by atoms with E-state index in [0.717, 1.165) is 11.3 Å². The van der Waals surface area contributed by atoms with Crippen LogP contribution in [0.15, 0.2) is 27.4 Å². The van der Waals surface area contributed by atoms with Gasteiger partial charge in [-0.25, -0.2) is 9.78 Å². The molecule has 1 aromatic heterocycles. The Labute approximate surface area is 122 Å². The van der Waals surface area contributed by atoms with Crippen molar-refractivity contribution in [2.24, 2.45) is 0 Å². The highest BCUT2D eigenvalue weighted by Crippen LogP contribution is 2.35. The van der Waals surface area contributed by atoms with E-state index in [4.69, 9.17) is 22.0 Å². The molecule has 0 unspecified atom stereocenters. The van der Waals surface area contributed by atoms with Crippen LogP contribution in [-0.2, 0) is 0 Å². The molecule has 7 heteroatoms. The van der Waals surface area contributed by atoms with Gasteiger partial charge in [0.05, 0.1) is 11.3 Å². The molecule has 0 fully saturated rings. The number of aromatic carboxylic acids is 1. The summed E-state index contributed by atoms with van der Waals surface area (Å²) in [5.41, 5.74) is 0.926. The van der Waals surface area contributed by atoms with Crippen LogP contribution in [0.3, 0.4) is 0 Å². The van der Waals surface area contributed by atoms with Gasteiger partial charge >= 0.3 is 5.97 Å². The van der Waals surface area contributed by atoms with Gasteiger partial charge in [-0.3, -0.25) is 0 Å². The monoisotopic (exact) mass is 310 g/mol. The van der Waals surface area contributed by atoms with Gasteiger partial charge in [-0.05, 0) is 25.1 Å². The van der Waals surface area contributed by atoms with Crippen LogP contribution in [0.1, 0.15) is 20.9 Å². The van der Waals surface area contributed by atoms with Gasteiger partial charge in [0.2, 0.25) is 0 Å². The number of carbonyl (C=O) groups is 1. The van der Waals surface area contributed by atoms with Gasteiger partial charge in [0, 0.05) is 9.92 Å². The van der Waals surface area contributed by atoms with Crippen molar-refractivity contribution < 1.29 is 9.90 Å². The Morgan fingerprint density at radius 2 is 2.32 bits per heavy atom. The molecule has 0 aliphatic rings. The second-order valence-electron chi connectivity index (χ2n) is 3.55. The summed E-state index contributed by atoms with van der Waals surface area (Å²) in [7, 11) is 0. The van der Waals surface area contributed by atoms with Crippen molar-refractivity contribution in [3.05, 3.63) is 39.4 Å². The van der Waals surface area contributed by atoms with Crippen molar-refractivity contribution in [1.82, 2.24) is 4.98 Å². The smallest absolute Gasteiger partial charge is 0.347 e. The number of rotatable bonds is 3. The fraction of sp³-hybridized carbons (Fsp3) is 0.0833. The predicted octanol–water partition coefficient (Wildman–Crippen LogP) is 3.83. The van der Waals surface area contributed by atoms with E-state index in [1.165, 1.54) is 11.8 Å². The summed E-state index contributed by atoms with van der Waals surface area (Å²) < 4.78 is 0.591. The summed E-state index contributed by atoms with van der Waals surface area (Å²) in [6.07, 6.45) is 0. The number of carboxylic acids is 1. The minimum absolute atomic E-state index is 0.218. The highest BCUT2D eigenvalue weighted by atomic mass is 35.5. The van der Waals surface area contributed by atoms with Gasteiger partial charge in [0.15, 0.2) is 4.34 Å². The summed E-state index contributed by atoms with van der Waals surface area (Å²) in [4.78, 5) is 16.1. The predicted molar refractivity (Wildman–Crippen MR) is 74.1 cm³/mol. The molecular formula is C12H7ClN2O2S2. The first-order chi connectivity index (χ1) is 9.01. The minimum atomic E-state index is -0.988. The van der Waals surface area contributed by atoms with Gasteiger partial charge in [-0.15, -0.1) is 11.3 Å². The van der Waals surface area contributed by atoms with E-state index in [1.807, 2.05) is 0 Å². The van der Waals surface area contributed by atoms with Crippen LogP contribution in [0.5, 0.6) is 0 Å². The van der Waals surface area contributed by atoms with Gasteiger partial charge in [-0.2, -0.15) is 5.26 Å². The normalized spacial score (nSPS) is 10.2. The summed E-state index contributed by atoms with van der Waals surface area (Å²) >= 11 is 8.18. The number of carboxylic acid groups (broad SMARTS) is 1. The number of aromatic nitrogens is 1. The fourth-order valence-corrected chi connectivity index (χ4v) is 3.60. The highest BCUT2D eigenvalue weighted by Gasteiger charge is 2.15. The zero-order valence-corrected chi connectivity index (χ0v) is 12.1. The molecule has 4 nitrogen and oxygen atoms in total. The van der Waals surface area contributed by atoms with E-state index in [0.29, 0.717) is 25.5 Å². The Bertz CT molecular complexity index is 692. The van der Waals surface area contributed by atoms with E-state index < -0.39 is 5.97 Å². The van der Waals surface area contributed by atoms with Crippen molar-refractivity contribution in [1.29, 1.82) is 5.26 Å². The lowest BCUT2D eigenvalue weighted by molar-refractivity contribution is 0.0701. The van der Waals surface area contributed by atoms with E-state index in [-0.39, 0.29) is 4.88 Å². The Kier molecular flexibility index (Phi) is 4.10. The van der Waals surface area contributed by atoms with Crippen molar-refractivity contribution in [2.75, 3.05) is 0 Å². The first kappa shape index (κ1) is 13.9. The third-order valence-corrected chi connectivity index (χ3v) is 4.75.